The minimum atomic E-state index is -0.271. The van der Waals surface area contributed by atoms with Gasteiger partial charge in [0.2, 0.25) is 0 Å². The van der Waals surface area contributed by atoms with E-state index in [1.165, 1.54) is 6.20 Å². The number of aryl methyl sites for hydroxylation is 1. The van der Waals surface area contributed by atoms with Crippen LogP contribution in [0.25, 0.3) is 11.3 Å². The number of methoxy groups -OCH3 is 1. The molecule has 39 heavy (non-hydrogen) atoms. The largest absolute Gasteiger partial charge is 0.497 e. The Bertz CT molecular complexity index is 1460. The molecule has 198 valence electrons. The average Bonchev–Trinajstić information content (AvgIpc) is 2.98. The fourth-order valence-electron chi connectivity index (χ4n) is 4.41. The number of benzene rings is 3. The van der Waals surface area contributed by atoms with Gasteiger partial charge in [0.25, 0.3) is 11.8 Å². The minimum absolute atomic E-state index is 0.204. The molecule has 1 fully saturated rings. The summed E-state index contributed by atoms with van der Waals surface area (Å²) in [5.41, 5.74) is 5.89. The van der Waals surface area contributed by atoms with Crippen LogP contribution in [-0.2, 0) is 4.74 Å². The SMILES string of the molecule is COc1cccc(NC(=O)c2ccc(-c3cc(C(=O)Nc4ccc(N5CCOCC5)cc4)ccc3C)nc2)c1. The zero-order valence-corrected chi connectivity index (χ0v) is 21.9. The summed E-state index contributed by atoms with van der Waals surface area (Å²) in [6.45, 7) is 5.14. The summed E-state index contributed by atoms with van der Waals surface area (Å²) in [5.74, 6) is 0.183. The maximum Gasteiger partial charge on any atom is 0.257 e. The molecular weight excluding hydrogens is 492 g/mol. The Morgan fingerprint density at radius 3 is 2.28 bits per heavy atom. The van der Waals surface area contributed by atoms with E-state index in [2.05, 4.69) is 20.5 Å². The van der Waals surface area contributed by atoms with Crippen LogP contribution in [0.1, 0.15) is 26.3 Å². The van der Waals surface area contributed by atoms with Crippen molar-refractivity contribution in [2.24, 2.45) is 0 Å². The van der Waals surface area contributed by atoms with Crippen molar-refractivity contribution in [2.75, 3.05) is 48.9 Å². The molecule has 1 saturated heterocycles. The van der Waals surface area contributed by atoms with Gasteiger partial charge >= 0.3 is 0 Å². The van der Waals surface area contributed by atoms with Crippen molar-refractivity contribution in [1.29, 1.82) is 0 Å². The lowest BCUT2D eigenvalue weighted by Gasteiger charge is -2.28. The summed E-state index contributed by atoms with van der Waals surface area (Å²) in [7, 11) is 1.58. The van der Waals surface area contributed by atoms with E-state index in [9.17, 15) is 9.59 Å². The second kappa shape index (κ2) is 11.8. The number of pyridine rings is 1. The fourth-order valence-corrected chi connectivity index (χ4v) is 4.41. The monoisotopic (exact) mass is 522 g/mol. The highest BCUT2D eigenvalue weighted by molar-refractivity contribution is 6.05. The van der Waals surface area contributed by atoms with E-state index in [1.54, 1.807) is 37.4 Å². The van der Waals surface area contributed by atoms with Crippen molar-refractivity contribution < 1.29 is 19.1 Å². The number of carbonyl (C=O) groups excluding carboxylic acids is 2. The summed E-state index contributed by atoms with van der Waals surface area (Å²) >= 11 is 0. The highest BCUT2D eigenvalue weighted by atomic mass is 16.5. The quantitative estimate of drug-likeness (QED) is 0.337. The third kappa shape index (κ3) is 6.25. The summed E-state index contributed by atoms with van der Waals surface area (Å²) in [6.07, 6.45) is 1.53. The lowest BCUT2D eigenvalue weighted by molar-refractivity contribution is 0.101. The molecule has 1 aromatic heterocycles. The highest BCUT2D eigenvalue weighted by Gasteiger charge is 2.14. The predicted octanol–water partition coefficient (Wildman–Crippen LogP) is 5.41. The van der Waals surface area contributed by atoms with E-state index in [1.807, 2.05) is 55.5 Å². The van der Waals surface area contributed by atoms with Crippen molar-refractivity contribution in [3.63, 3.8) is 0 Å². The minimum Gasteiger partial charge on any atom is -0.497 e. The van der Waals surface area contributed by atoms with Gasteiger partial charge in [-0.25, -0.2) is 0 Å². The van der Waals surface area contributed by atoms with Crippen LogP contribution in [0.4, 0.5) is 17.1 Å². The number of hydrogen-bond acceptors (Lipinski definition) is 6. The normalized spacial score (nSPS) is 13.0. The first kappa shape index (κ1) is 25.9. The van der Waals surface area contributed by atoms with Gasteiger partial charge in [-0.15, -0.1) is 0 Å². The predicted molar refractivity (Wildman–Crippen MR) is 153 cm³/mol. The van der Waals surface area contributed by atoms with E-state index in [0.29, 0.717) is 28.3 Å². The van der Waals surface area contributed by atoms with E-state index in [0.717, 1.165) is 48.8 Å². The molecule has 0 atom stereocenters. The molecule has 0 saturated carbocycles. The molecule has 1 aliphatic rings. The number of carbonyl (C=O) groups is 2. The number of rotatable bonds is 7. The van der Waals surface area contributed by atoms with Gasteiger partial charge < -0.3 is 25.0 Å². The molecule has 2 heterocycles. The Labute approximate surface area is 227 Å². The van der Waals surface area contributed by atoms with Gasteiger partial charge in [-0.1, -0.05) is 12.1 Å². The van der Waals surface area contributed by atoms with Crippen LogP contribution in [-0.4, -0.2) is 50.2 Å². The zero-order chi connectivity index (χ0) is 27.2. The van der Waals surface area contributed by atoms with Crippen molar-refractivity contribution in [3.05, 3.63) is 102 Å². The highest BCUT2D eigenvalue weighted by Crippen LogP contribution is 2.25. The van der Waals surface area contributed by atoms with Crippen LogP contribution in [0.3, 0.4) is 0 Å². The molecule has 8 heteroatoms. The first-order valence-corrected chi connectivity index (χ1v) is 12.8. The standard InChI is InChI=1S/C31H30N4O4/c1-21-6-7-22(30(36)33-24-9-11-26(12-10-24)35-14-16-39-17-15-35)18-28(21)29-13-8-23(20-32-29)31(37)34-25-4-3-5-27(19-25)38-2/h3-13,18-20H,14-17H2,1-2H3,(H,33,36)(H,34,37). The van der Waals surface area contributed by atoms with Crippen molar-refractivity contribution in [3.8, 4) is 17.0 Å². The number of hydrogen-bond donors (Lipinski definition) is 2. The van der Waals surface area contributed by atoms with Crippen molar-refractivity contribution in [2.45, 2.75) is 6.92 Å². The van der Waals surface area contributed by atoms with Crippen LogP contribution in [0, 0.1) is 6.92 Å². The Morgan fingerprint density at radius 1 is 0.846 bits per heavy atom. The van der Waals surface area contributed by atoms with Crippen LogP contribution in [0.2, 0.25) is 0 Å². The van der Waals surface area contributed by atoms with E-state index < -0.39 is 0 Å². The van der Waals surface area contributed by atoms with Gasteiger partial charge in [-0.05, 0) is 73.2 Å². The maximum absolute atomic E-state index is 13.0. The lowest BCUT2D eigenvalue weighted by Crippen LogP contribution is -2.36. The summed E-state index contributed by atoms with van der Waals surface area (Å²) in [6, 6.07) is 24.0. The summed E-state index contributed by atoms with van der Waals surface area (Å²) in [4.78, 5) is 32.5. The summed E-state index contributed by atoms with van der Waals surface area (Å²) in [5, 5.41) is 5.83. The molecule has 0 aliphatic carbocycles. The molecule has 0 bridgehead atoms. The van der Waals surface area contributed by atoms with E-state index >= 15 is 0 Å². The molecular formula is C31H30N4O4. The van der Waals surface area contributed by atoms with Crippen LogP contribution in [0.5, 0.6) is 5.75 Å². The molecule has 0 unspecified atom stereocenters. The van der Waals surface area contributed by atoms with Crippen LogP contribution >= 0.6 is 0 Å². The van der Waals surface area contributed by atoms with Crippen molar-refractivity contribution in [1.82, 2.24) is 4.98 Å². The lowest BCUT2D eigenvalue weighted by atomic mass is 10.0. The van der Waals surface area contributed by atoms with Gasteiger partial charge in [0.05, 0.1) is 31.6 Å². The number of anilines is 3. The third-order valence-electron chi connectivity index (χ3n) is 6.63. The molecule has 8 nitrogen and oxygen atoms in total. The van der Waals surface area contributed by atoms with Crippen molar-refractivity contribution >= 4 is 28.9 Å². The Balaban J connectivity index is 1.26. The van der Waals surface area contributed by atoms with Gasteiger partial charge in [-0.2, -0.15) is 0 Å². The first-order chi connectivity index (χ1) is 19.0. The molecule has 5 rings (SSSR count). The van der Waals surface area contributed by atoms with E-state index in [4.69, 9.17) is 9.47 Å². The Morgan fingerprint density at radius 2 is 1.56 bits per heavy atom. The number of nitrogens with zero attached hydrogens (tertiary/aromatic N) is 2. The molecule has 4 aromatic rings. The first-order valence-electron chi connectivity index (χ1n) is 12.8. The zero-order valence-electron chi connectivity index (χ0n) is 21.9. The number of aromatic nitrogens is 1. The molecule has 0 radical (unpaired) electrons. The number of ether oxygens (including phenoxy) is 2. The number of amides is 2. The molecule has 1 aliphatic heterocycles. The van der Waals surface area contributed by atoms with E-state index in [-0.39, 0.29) is 11.8 Å². The van der Waals surface area contributed by atoms with Gasteiger partial charge in [0.15, 0.2) is 0 Å². The molecule has 2 amide bonds. The second-order valence-electron chi connectivity index (χ2n) is 9.25. The second-order valence-corrected chi connectivity index (χ2v) is 9.25. The molecule has 3 aromatic carbocycles. The topological polar surface area (TPSA) is 92.8 Å². The maximum atomic E-state index is 13.0. The number of morpholine rings is 1. The number of nitrogens with one attached hydrogen (secondary N) is 2. The van der Waals surface area contributed by atoms with Gasteiger partial charge in [0.1, 0.15) is 5.75 Å². The van der Waals surface area contributed by atoms with Gasteiger partial charge in [-0.3, -0.25) is 14.6 Å². The third-order valence-corrected chi connectivity index (χ3v) is 6.63. The smallest absolute Gasteiger partial charge is 0.257 e. The average molecular weight is 523 g/mol. The Kier molecular flexibility index (Phi) is 7.84. The van der Waals surface area contributed by atoms with Crippen LogP contribution < -0.4 is 20.3 Å². The molecule has 0 spiro atoms. The Hall–Kier alpha value is -4.69. The van der Waals surface area contributed by atoms with Crippen LogP contribution in [0.15, 0.2) is 85.1 Å². The molecule has 2 N–H and O–H groups in total. The van der Waals surface area contributed by atoms with Gasteiger partial charge in [0, 0.05) is 53.5 Å². The fraction of sp³-hybridized carbons (Fsp3) is 0.194. The summed E-state index contributed by atoms with van der Waals surface area (Å²) < 4.78 is 10.6.